The Morgan fingerprint density at radius 1 is 0.366 bits per heavy atom. The summed E-state index contributed by atoms with van der Waals surface area (Å²) >= 11 is 0. The molecule has 41 heavy (non-hydrogen) atoms. The average Bonchev–Trinajstić information content (AvgIpc) is 3.05. The van der Waals surface area contributed by atoms with E-state index in [1.165, 1.54) is 5.39 Å². The third kappa shape index (κ3) is 4.99. The number of aromatic nitrogens is 4. The Kier molecular flexibility index (Phi) is 6.34. The van der Waals surface area contributed by atoms with E-state index < -0.39 is 0 Å². The minimum absolute atomic E-state index is 0.620. The molecule has 0 amide bonds. The van der Waals surface area contributed by atoms with Crippen LogP contribution in [-0.2, 0) is 0 Å². The van der Waals surface area contributed by atoms with Gasteiger partial charge in [-0.05, 0) is 47.7 Å². The highest BCUT2D eigenvalue weighted by Gasteiger charge is 2.15. The molecule has 4 heteroatoms. The van der Waals surface area contributed by atoms with Crippen LogP contribution in [0.1, 0.15) is 5.69 Å². The normalized spacial score (nSPS) is 11.0. The summed E-state index contributed by atoms with van der Waals surface area (Å²) in [7, 11) is 0. The van der Waals surface area contributed by atoms with Gasteiger partial charge in [0.15, 0.2) is 17.5 Å². The fourth-order valence-electron chi connectivity index (χ4n) is 5.16. The first-order valence-electron chi connectivity index (χ1n) is 13.7. The highest BCUT2D eigenvalue weighted by molar-refractivity contribution is 5.89. The second-order valence-electron chi connectivity index (χ2n) is 10.0. The lowest BCUT2D eigenvalue weighted by Crippen LogP contribution is -2.00. The average molecular weight is 527 g/mol. The second kappa shape index (κ2) is 10.6. The van der Waals surface area contributed by atoms with Gasteiger partial charge in [-0.15, -0.1) is 0 Å². The molecule has 2 heterocycles. The van der Waals surface area contributed by atoms with Crippen LogP contribution in [0.15, 0.2) is 140 Å². The van der Waals surface area contributed by atoms with Crippen molar-refractivity contribution in [1.82, 2.24) is 19.9 Å². The van der Waals surface area contributed by atoms with Gasteiger partial charge in [-0.1, -0.05) is 115 Å². The first-order valence-corrected chi connectivity index (χ1v) is 13.7. The van der Waals surface area contributed by atoms with Crippen LogP contribution in [0.4, 0.5) is 0 Å². The number of rotatable bonds is 5. The third-order valence-corrected chi connectivity index (χ3v) is 7.22. The maximum Gasteiger partial charge on any atom is 0.164 e. The largest absolute Gasteiger partial charge is 0.252 e. The zero-order chi connectivity index (χ0) is 27.6. The molecule has 0 spiro atoms. The van der Waals surface area contributed by atoms with Crippen molar-refractivity contribution in [3.05, 3.63) is 145 Å². The zero-order valence-electron chi connectivity index (χ0n) is 22.6. The SMILES string of the molecule is Cc1nc(-c2cc(-c3ccccc3)cc(-c3nc(-c4ccccc4)nc(-c4ccccc4)n3)c2)cc2ccccc12. The van der Waals surface area contributed by atoms with Crippen LogP contribution >= 0.6 is 0 Å². The Hall–Kier alpha value is -5.48. The highest BCUT2D eigenvalue weighted by Crippen LogP contribution is 2.34. The molecule has 0 fully saturated rings. The van der Waals surface area contributed by atoms with E-state index >= 15 is 0 Å². The molecule has 0 aliphatic heterocycles. The fraction of sp³-hybridized carbons (Fsp3) is 0.0270. The van der Waals surface area contributed by atoms with Crippen molar-refractivity contribution >= 4 is 10.8 Å². The van der Waals surface area contributed by atoms with Gasteiger partial charge in [0.05, 0.1) is 5.69 Å². The molecular weight excluding hydrogens is 500 g/mol. The molecule has 0 unspecified atom stereocenters. The van der Waals surface area contributed by atoms with Gasteiger partial charge < -0.3 is 0 Å². The summed E-state index contributed by atoms with van der Waals surface area (Å²) in [6, 6.07) is 47.6. The predicted octanol–water partition coefficient (Wildman–Crippen LogP) is 9.06. The lowest BCUT2D eigenvalue weighted by Gasteiger charge is -2.13. The molecule has 0 radical (unpaired) electrons. The molecule has 0 bridgehead atoms. The van der Waals surface area contributed by atoms with Gasteiger partial charge >= 0.3 is 0 Å². The smallest absolute Gasteiger partial charge is 0.164 e. The number of pyridine rings is 1. The van der Waals surface area contributed by atoms with E-state index in [0.29, 0.717) is 17.5 Å². The van der Waals surface area contributed by atoms with Gasteiger partial charge in [0.1, 0.15) is 0 Å². The van der Waals surface area contributed by atoms with Crippen molar-refractivity contribution in [1.29, 1.82) is 0 Å². The summed E-state index contributed by atoms with van der Waals surface area (Å²) in [6.07, 6.45) is 0. The van der Waals surface area contributed by atoms with Gasteiger partial charge in [-0.25, -0.2) is 15.0 Å². The molecule has 194 valence electrons. The minimum atomic E-state index is 0.620. The lowest BCUT2D eigenvalue weighted by molar-refractivity contribution is 1.07. The summed E-state index contributed by atoms with van der Waals surface area (Å²) in [5.74, 6) is 1.90. The number of benzene rings is 5. The van der Waals surface area contributed by atoms with Gasteiger partial charge in [0.25, 0.3) is 0 Å². The first kappa shape index (κ1) is 24.6. The highest BCUT2D eigenvalue weighted by atomic mass is 15.0. The Balaban J connectivity index is 1.47. The third-order valence-electron chi connectivity index (χ3n) is 7.22. The number of aryl methyl sites for hydroxylation is 1. The molecule has 0 saturated carbocycles. The van der Waals surface area contributed by atoms with Crippen LogP contribution in [0.25, 0.3) is 67.3 Å². The van der Waals surface area contributed by atoms with Crippen molar-refractivity contribution in [2.75, 3.05) is 0 Å². The number of nitrogens with zero attached hydrogens (tertiary/aromatic N) is 4. The Morgan fingerprint density at radius 3 is 1.44 bits per heavy atom. The van der Waals surface area contributed by atoms with Crippen LogP contribution in [0.2, 0.25) is 0 Å². The van der Waals surface area contributed by atoms with Crippen molar-refractivity contribution in [2.24, 2.45) is 0 Å². The topological polar surface area (TPSA) is 51.6 Å². The molecule has 7 rings (SSSR count). The summed E-state index contributed by atoms with van der Waals surface area (Å²) in [4.78, 5) is 19.9. The Morgan fingerprint density at radius 2 is 0.829 bits per heavy atom. The molecule has 2 aromatic heterocycles. The molecule has 0 atom stereocenters. The molecule has 4 nitrogen and oxygen atoms in total. The molecule has 0 N–H and O–H groups in total. The van der Waals surface area contributed by atoms with Crippen molar-refractivity contribution in [3.8, 4) is 56.5 Å². The quantitative estimate of drug-likeness (QED) is 0.224. The van der Waals surface area contributed by atoms with E-state index in [2.05, 4.69) is 79.7 Å². The second-order valence-corrected chi connectivity index (χ2v) is 10.0. The number of hydrogen-bond donors (Lipinski definition) is 0. The van der Waals surface area contributed by atoms with Crippen LogP contribution in [0.5, 0.6) is 0 Å². The van der Waals surface area contributed by atoms with E-state index in [-0.39, 0.29) is 0 Å². The molecule has 0 saturated heterocycles. The van der Waals surface area contributed by atoms with Gasteiger partial charge in [-0.3, -0.25) is 4.98 Å². The van der Waals surface area contributed by atoms with Crippen LogP contribution in [-0.4, -0.2) is 19.9 Å². The number of fused-ring (bicyclic) bond motifs is 1. The first-order chi connectivity index (χ1) is 20.2. The summed E-state index contributed by atoms with van der Waals surface area (Å²) < 4.78 is 0. The minimum Gasteiger partial charge on any atom is -0.252 e. The fourth-order valence-corrected chi connectivity index (χ4v) is 5.16. The van der Waals surface area contributed by atoms with Crippen LogP contribution < -0.4 is 0 Å². The van der Waals surface area contributed by atoms with Gasteiger partial charge in [0.2, 0.25) is 0 Å². The van der Waals surface area contributed by atoms with Gasteiger partial charge in [-0.2, -0.15) is 0 Å². The maximum absolute atomic E-state index is 5.02. The predicted molar refractivity (Wildman–Crippen MR) is 167 cm³/mol. The lowest BCUT2D eigenvalue weighted by atomic mass is 9.96. The summed E-state index contributed by atoms with van der Waals surface area (Å²) in [6.45, 7) is 2.07. The van der Waals surface area contributed by atoms with Crippen molar-refractivity contribution < 1.29 is 0 Å². The molecule has 0 aliphatic carbocycles. The molecular formula is C37H26N4. The van der Waals surface area contributed by atoms with E-state index in [4.69, 9.17) is 19.9 Å². The Labute approximate surface area is 239 Å². The summed E-state index contributed by atoms with van der Waals surface area (Å²) in [5, 5.41) is 2.33. The van der Waals surface area contributed by atoms with E-state index in [1.807, 2.05) is 66.7 Å². The Bertz CT molecular complexity index is 1930. The van der Waals surface area contributed by atoms with E-state index in [1.54, 1.807) is 0 Å². The van der Waals surface area contributed by atoms with E-state index in [9.17, 15) is 0 Å². The maximum atomic E-state index is 5.02. The number of hydrogen-bond acceptors (Lipinski definition) is 4. The van der Waals surface area contributed by atoms with Crippen molar-refractivity contribution in [2.45, 2.75) is 6.92 Å². The standard InChI is InChI=1S/C37H26N4/c1-25-33-20-12-11-19-29(33)24-34(38-25)31-21-30(26-13-5-2-6-14-26)22-32(23-31)37-40-35(27-15-7-3-8-16-27)39-36(41-37)28-17-9-4-10-18-28/h2-24H,1H3. The van der Waals surface area contributed by atoms with Crippen molar-refractivity contribution in [3.63, 3.8) is 0 Å². The molecule has 5 aromatic carbocycles. The molecule has 7 aromatic rings. The van der Waals surface area contributed by atoms with Crippen LogP contribution in [0, 0.1) is 6.92 Å². The molecule has 0 aliphatic rings. The van der Waals surface area contributed by atoms with E-state index in [0.717, 1.165) is 50.2 Å². The van der Waals surface area contributed by atoms with Gasteiger partial charge in [0, 0.05) is 33.3 Å². The zero-order valence-corrected chi connectivity index (χ0v) is 22.6. The monoisotopic (exact) mass is 526 g/mol. The van der Waals surface area contributed by atoms with Crippen LogP contribution in [0.3, 0.4) is 0 Å². The summed E-state index contributed by atoms with van der Waals surface area (Å²) in [5.41, 5.74) is 7.92.